The van der Waals surface area contributed by atoms with E-state index in [4.69, 9.17) is 12.2 Å². The fourth-order valence-corrected chi connectivity index (χ4v) is 2.41. The van der Waals surface area contributed by atoms with E-state index >= 15 is 0 Å². The maximum Gasteiger partial charge on any atom is 0.217 e. The van der Waals surface area contributed by atoms with E-state index in [2.05, 4.69) is 15.0 Å². The first-order valence-electron chi connectivity index (χ1n) is 5.92. The highest BCUT2D eigenvalue weighted by molar-refractivity contribution is 7.71. The van der Waals surface area contributed by atoms with Crippen LogP contribution in [0, 0.1) is 4.77 Å². The van der Waals surface area contributed by atoms with E-state index in [0.29, 0.717) is 17.0 Å². The molecule has 0 amide bonds. The Hall–Kier alpha value is -2.21. The Kier molecular flexibility index (Phi) is 2.79. The van der Waals surface area contributed by atoms with Crippen LogP contribution in [0.5, 0.6) is 5.88 Å². The van der Waals surface area contributed by atoms with Crippen molar-refractivity contribution in [1.29, 1.82) is 0 Å². The van der Waals surface area contributed by atoms with E-state index in [1.807, 2.05) is 19.1 Å². The smallest absolute Gasteiger partial charge is 0.217 e. The average molecular weight is 272 g/mol. The van der Waals surface area contributed by atoms with Gasteiger partial charge in [0.25, 0.3) is 0 Å². The molecule has 1 aliphatic heterocycles. The van der Waals surface area contributed by atoms with Gasteiger partial charge in [-0.15, -0.1) is 0 Å². The minimum Gasteiger partial charge on any atom is -0.493 e. The van der Waals surface area contributed by atoms with E-state index in [1.54, 1.807) is 23.2 Å². The number of allylic oxidation sites excluding steroid dienone is 1. The molecule has 0 saturated carbocycles. The number of aromatic amines is 1. The summed E-state index contributed by atoms with van der Waals surface area (Å²) in [4.78, 5) is 11.3. The number of fused-ring (bicyclic) bond motifs is 1. The van der Waals surface area contributed by atoms with Gasteiger partial charge < -0.3 is 10.1 Å². The van der Waals surface area contributed by atoms with Gasteiger partial charge in [0.2, 0.25) is 5.88 Å². The molecule has 0 aromatic carbocycles. The van der Waals surface area contributed by atoms with Crippen LogP contribution in [0.1, 0.15) is 18.2 Å². The number of rotatable bonds is 2. The summed E-state index contributed by atoms with van der Waals surface area (Å²) in [5, 5.41) is 10.1. The summed E-state index contributed by atoms with van der Waals surface area (Å²) in [5.41, 5.74) is 3.35. The molecule has 0 fully saturated rings. The fraction of sp³-hybridized carbons (Fsp3) is 0.154. The molecule has 0 unspecified atom stereocenters. The van der Waals surface area contributed by atoms with Crippen molar-refractivity contribution in [3.63, 3.8) is 0 Å². The summed E-state index contributed by atoms with van der Waals surface area (Å²) in [7, 11) is 0. The minimum absolute atomic E-state index is 0.149. The van der Waals surface area contributed by atoms with Crippen LogP contribution in [0.25, 0.3) is 11.6 Å². The lowest BCUT2D eigenvalue weighted by atomic mass is 10.1. The Morgan fingerprint density at radius 3 is 3.11 bits per heavy atom. The molecule has 0 bridgehead atoms. The highest BCUT2D eigenvalue weighted by Gasteiger charge is 2.14. The SMILES string of the molecule is CCn1c(O)c(/C=C2\C=Nc3cnccc32)[nH]c1=S. The van der Waals surface area contributed by atoms with Crippen LogP contribution >= 0.6 is 12.2 Å². The van der Waals surface area contributed by atoms with Crippen LogP contribution in [-0.4, -0.2) is 25.9 Å². The first-order chi connectivity index (χ1) is 9.20. The van der Waals surface area contributed by atoms with Gasteiger partial charge in [-0.2, -0.15) is 0 Å². The first-order valence-corrected chi connectivity index (χ1v) is 6.33. The number of aliphatic imine (C=N–C) groups is 1. The molecule has 3 heterocycles. The third kappa shape index (κ3) is 1.90. The molecule has 6 heteroatoms. The molecule has 0 atom stereocenters. The molecule has 0 spiro atoms. The molecule has 2 N–H and O–H groups in total. The van der Waals surface area contributed by atoms with Crippen LogP contribution in [0.2, 0.25) is 0 Å². The first kappa shape index (κ1) is 11.9. The third-order valence-electron chi connectivity index (χ3n) is 3.05. The lowest BCUT2D eigenvalue weighted by Crippen LogP contribution is -1.92. The van der Waals surface area contributed by atoms with E-state index in [0.717, 1.165) is 16.8 Å². The maximum absolute atomic E-state index is 10.1. The van der Waals surface area contributed by atoms with Crippen molar-refractivity contribution in [2.75, 3.05) is 0 Å². The molecule has 2 aromatic heterocycles. The number of nitrogens with one attached hydrogen (secondary N) is 1. The minimum atomic E-state index is 0.149. The Morgan fingerprint density at radius 2 is 2.37 bits per heavy atom. The van der Waals surface area contributed by atoms with Crippen molar-refractivity contribution in [3.05, 3.63) is 34.5 Å². The van der Waals surface area contributed by atoms with Crippen LogP contribution in [0.3, 0.4) is 0 Å². The molecule has 0 radical (unpaired) electrons. The zero-order valence-corrected chi connectivity index (χ0v) is 11.1. The molecule has 3 rings (SSSR count). The monoisotopic (exact) mass is 272 g/mol. The predicted octanol–water partition coefficient (Wildman–Crippen LogP) is 2.92. The van der Waals surface area contributed by atoms with Gasteiger partial charge >= 0.3 is 0 Å². The second-order valence-corrected chi connectivity index (χ2v) is 4.55. The number of imidazole rings is 1. The Labute approximate surface area is 115 Å². The zero-order chi connectivity index (χ0) is 13.4. The van der Waals surface area contributed by atoms with E-state index < -0.39 is 0 Å². The molecule has 0 saturated heterocycles. The summed E-state index contributed by atoms with van der Waals surface area (Å²) >= 11 is 5.15. The van der Waals surface area contributed by atoms with Crippen LogP contribution in [-0.2, 0) is 6.54 Å². The average Bonchev–Trinajstić information content (AvgIpc) is 2.93. The number of nitrogens with zero attached hydrogens (tertiary/aromatic N) is 3. The van der Waals surface area contributed by atoms with Crippen molar-refractivity contribution in [2.45, 2.75) is 13.5 Å². The highest BCUT2D eigenvalue weighted by atomic mass is 32.1. The van der Waals surface area contributed by atoms with E-state index in [1.165, 1.54) is 0 Å². The van der Waals surface area contributed by atoms with Crippen molar-refractivity contribution in [2.24, 2.45) is 4.99 Å². The van der Waals surface area contributed by atoms with Gasteiger partial charge in [0.15, 0.2) is 4.77 Å². The largest absolute Gasteiger partial charge is 0.493 e. The van der Waals surface area contributed by atoms with Gasteiger partial charge in [-0.1, -0.05) is 0 Å². The Balaban J connectivity index is 2.10. The van der Waals surface area contributed by atoms with Crippen molar-refractivity contribution >= 4 is 35.8 Å². The third-order valence-corrected chi connectivity index (χ3v) is 3.38. The topological polar surface area (TPSA) is 66.2 Å². The number of hydrogen-bond acceptors (Lipinski definition) is 4. The van der Waals surface area contributed by atoms with Crippen LogP contribution < -0.4 is 0 Å². The van der Waals surface area contributed by atoms with Gasteiger partial charge in [0.1, 0.15) is 5.69 Å². The fourth-order valence-electron chi connectivity index (χ4n) is 2.09. The number of hydrogen-bond donors (Lipinski definition) is 2. The summed E-state index contributed by atoms with van der Waals surface area (Å²) in [6, 6.07) is 1.90. The standard InChI is InChI=1S/C13H12N4OS/c1-2-17-12(18)10(16-13(17)19)5-8-6-15-11-7-14-4-3-9(8)11/h3-7,18H,2H2,1H3,(H,16,19)/b8-5+. The summed E-state index contributed by atoms with van der Waals surface area (Å²) in [5.74, 6) is 0.149. The summed E-state index contributed by atoms with van der Waals surface area (Å²) < 4.78 is 2.15. The zero-order valence-electron chi connectivity index (χ0n) is 10.3. The summed E-state index contributed by atoms with van der Waals surface area (Å²) in [6.07, 6.45) is 7.03. The Morgan fingerprint density at radius 1 is 1.53 bits per heavy atom. The molecule has 5 nitrogen and oxygen atoms in total. The van der Waals surface area contributed by atoms with Crippen molar-refractivity contribution in [3.8, 4) is 5.88 Å². The molecule has 2 aromatic rings. The second-order valence-electron chi connectivity index (χ2n) is 4.16. The summed E-state index contributed by atoms with van der Waals surface area (Å²) in [6.45, 7) is 2.55. The number of aromatic nitrogens is 3. The normalized spacial score (nSPS) is 15.1. The number of H-pyrrole nitrogens is 1. The second kappa shape index (κ2) is 4.47. The van der Waals surface area contributed by atoms with Gasteiger partial charge in [-0.05, 0) is 31.3 Å². The van der Waals surface area contributed by atoms with Gasteiger partial charge in [0, 0.05) is 30.1 Å². The van der Waals surface area contributed by atoms with Crippen LogP contribution in [0.4, 0.5) is 5.69 Å². The molecular formula is C13H12N4OS. The van der Waals surface area contributed by atoms with Gasteiger partial charge in [-0.25, -0.2) is 0 Å². The van der Waals surface area contributed by atoms with Crippen molar-refractivity contribution < 1.29 is 5.11 Å². The van der Waals surface area contributed by atoms with E-state index in [-0.39, 0.29) is 5.88 Å². The lowest BCUT2D eigenvalue weighted by Gasteiger charge is -1.99. The molecule has 96 valence electrons. The van der Waals surface area contributed by atoms with Crippen molar-refractivity contribution in [1.82, 2.24) is 14.5 Å². The predicted molar refractivity (Wildman–Crippen MR) is 77.2 cm³/mol. The van der Waals surface area contributed by atoms with Gasteiger partial charge in [0.05, 0.1) is 11.9 Å². The highest BCUT2D eigenvalue weighted by Crippen LogP contribution is 2.32. The molecule has 0 aliphatic carbocycles. The number of aromatic hydroxyl groups is 1. The molecular weight excluding hydrogens is 260 g/mol. The lowest BCUT2D eigenvalue weighted by molar-refractivity contribution is 0.419. The van der Waals surface area contributed by atoms with E-state index in [9.17, 15) is 5.11 Å². The van der Waals surface area contributed by atoms with Crippen LogP contribution in [0.15, 0.2) is 23.5 Å². The molecule has 1 aliphatic rings. The maximum atomic E-state index is 10.1. The van der Waals surface area contributed by atoms with Gasteiger partial charge in [-0.3, -0.25) is 14.5 Å². The quantitative estimate of drug-likeness (QED) is 0.826. The molecule has 19 heavy (non-hydrogen) atoms. The number of pyridine rings is 1. The Bertz CT molecular complexity index is 754.